The molecule has 2 aliphatic carbocycles. The standard InChI is InChI=1S/C16H29N3O2/c1-12-7-6-8-13(11-12)19(2)15(20)16(14(17)18-21)9-4-3-5-10-16/h12-13,21H,3-11H2,1-2H3,(H2,17,18). The summed E-state index contributed by atoms with van der Waals surface area (Å²) < 4.78 is 0. The van der Waals surface area contributed by atoms with Gasteiger partial charge in [-0.25, -0.2) is 0 Å². The summed E-state index contributed by atoms with van der Waals surface area (Å²) in [5.74, 6) is 0.824. The molecule has 1 amide bonds. The average molecular weight is 295 g/mol. The summed E-state index contributed by atoms with van der Waals surface area (Å²) in [6.45, 7) is 2.25. The van der Waals surface area contributed by atoms with Crippen LogP contribution in [0.2, 0.25) is 0 Å². The smallest absolute Gasteiger partial charge is 0.236 e. The van der Waals surface area contributed by atoms with Crippen molar-refractivity contribution in [3.8, 4) is 0 Å². The first-order valence-corrected chi connectivity index (χ1v) is 8.26. The topological polar surface area (TPSA) is 78.9 Å². The Kier molecular flexibility index (Phi) is 5.12. The van der Waals surface area contributed by atoms with Gasteiger partial charge in [0.15, 0.2) is 5.84 Å². The summed E-state index contributed by atoms with van der Waals surface area (Å²) in [5, 5.41) is 12.3. The fraction of sp³-hybridized carbons (Fsp3) is 0.875. The van der Waals surface area contributed by atoms with Gasteiger partial charge in [0.1, 0.15) is 5.41 Å². The lowest BCUT2D eigenvalue weighted by Crippen LogP contribution is -2.54. The van der Waals surface area contributed by atoms with E-state index in [9.17, 15) is 4.79 Å². The maximum atomic E-state index is 13.1. The van der Waals surface area contributed by atoms with Crippen LogP contribution >= 0.6 is 0 Å². The van der Waals surface area contributed by atoms with E-state index in [2.05, 4.69) is 12.1 Å². The molecule has 2 unspecified atom stereocenters. The Balaban J connectivity index is 2.17. The van der Waals surface area contributed by atoms with Crippen molar-refractivity contribution in [2.45, 2.75) is 70.8 Å². The number of amidine groups is 1. The second-order valence-electron chi connectivity index (χ2n) is 6.97. The maximum absolute atomic E-state index is 13.1. The van der Waals surface area contributed by atoms with Crippen LogP contribution in [0.3, 0.4) is 0 Å². The van der Waals surface area contributed by atoms with E-state index in [1.807, 2.05) is 11.9 Å². The molecule has 0 aromatic rings. The Bertz CT molecular complexity index is 402. The fourth-order valence-electron chi connectivity index (χ4n) is 4.09. The van der Waals surface area contributed by atoms with Gasteiger partial charge < -0.3 is 15.8 Å². The number of carbonyl (C=O) groups excluding carboxylic acids is 1. The summed E-state index contributed by atoms with van der Waals surface area (Å²) in [5.41, 5.74) is 5.16. The third kappa shape index (κ3) is 3.16. The van der Waals surface area contributed by atoms with Crippen LogP contribution in [-0.4, -0.2) is 34.9 Å². The summed E-state index contributed by atoms with van der Waals surface area (Å²) in [6.07, 6.45) is 9.03. The van der Waals surface area contributed by atoms with E-state index in [1.54, 1.807) is 0 Å². The lowest BCUT2D eigenvalue weighted by atomic mass is 9.71. The molecule has 0 saturated heterocycles. The number of oxime groups is 1. The Morgan fingerprint density at radius 2 is 1.90 bits per heavy atom. The molecule has 0 bridgehead atoms. The summed E-state index contributed by atoms with van der Waals surface area (Å²) in [4.78, 5) is 15.0. The average Bonchev–Trinajstić information content (AvgIpc) is 2.53. The zero-order valence-electron chi connectivity index (χ0n) is 13.3. The number of hydrogen-bond donors (Lipinski definition) is 2. The fourth-order valence-corrected chi connectivity index (χ4v) is 4.09. The van der Waals surface area contributed by atoms with Crippen LogP contribution in [0, 0.1) is 11.3 Å². The molecule has 0 heterocycles. The largest absolute Gasteiger partial charge is 0.409 e. The van der Waals surface area contributed by atoms with Gasteiger partial charge in [0.25, 0.3) is 0 Å². The van der Waals surface area contributed by atoms with E-state index >= 15 is 0 Å². The highest BCUT2D eigenvalue weighted by Gasteiger charge is 2.46. The molecule has 2 rings (SSSR count). The van der Waals surface area contributed by atoms with Gasteiger partial charge in [0.2, 0.25) is 5.91 Å². The monoisotopic (exact) mass is 295 g/mol. The van der Waals surface area contributed by atoms with Crippen molar-refractivity contribution >= 4 is 11.7 Å². The molecule has 0 aromatic heterocycles. The van der Waals surface area contributed by atoms with Gasteiger partial charge in [0.05, 0.1) is 0 Å². The lowest BCUT2D eigenvalue weighted by molar-refractivity contribution is -0.141. The predicted molar refractivity (Wildman–Crippen MR) is 83.1 cm³/mol. The van der Waals surface area contributed by atoms with Crippen molar-refractivity contribution in [1.29, 1.82) is 0 Å². The predicted octanol–water partition coefficient (Wildman–Crippen LogP) is 2.72. The van der Waals surface area contributed by atoms with Crippen LogP contribution in [0.25, 0.3) is 0 Å². The highest BCUT2D eigenvalue weighted by atomic mass is 16.4. The van der Waals surface area contributed by atoms with E-state index in [-0.39, 0.29) is 11.7 Å². The van der Waals surface area contributed by atoms with Gasteiger partial charge >= 0.3 is 0 Å². The maximum Gasteiger partial charge on any atom is 0.236 e. The molecular weight excluding hydrogens is 266 g/mol. The highest BCUT2D eigenvalue weighted by molar-refractivity contribution is 6.06. The Hall–Kier alpha value is -1.26. The van der Waals surface area contributed by atoms with Crippen LogP contribution in [0.5, 0.6) is 0 Å². The molecule has 2 saturated carbocycles. The third-order valence-corrected chi connectivity index (χ3v) is 5.49. The molecule has 5 heteroatoms. The normalized spacial score (nSPS) is 29.9. The molecule has 2 aliphatic rings. The molecule has 0 radical (unpaired) electrons. The molecular formula is C16H29N3O2. The molecule has 0 spiro atoms. The van der Waals surface area contributed by atoms with E-state index in [0.29, 0.717) is 24.8 Å². The molecule has 0 aromatic carbocycles. The van der Waals surface area contributed by atoms with Crippen LogP contribution < -0.4 is 5.73 Å². The first-order chi connectivity index (χ1) is 10.0. The van der Waals surface area contributed by atoms with Crippen LogP contribution in [-0.2, 0) is 4.79 Å². The summed E-state index contributed by atoms with van der Waals surface area (Å²) in [7, 11) is 1.89. The number of nitrogens with zero attached hydrogens (tertiary/aromatic N) is 2. The minimum atomic E-state index is -0.775. The van der Waals surface area contributed by atoms with Crippen molar-refractivity contribution in [2.24, 2.45) is 22.2 Å². The van der Waals surface area contributed by atoms with Gasteiger partial charge in [-0.05, 0) is 31.6 Å². The Morgan fingerprint density at radius 1 is 1.24 bits per heavy atom. The first kappa shape index (κ1) is 16.1. The zero-order valence-corrected chi connectivity index (χ0v) is 13.3. The number of rotatable bonds is 3. The summed E-state index contributed by atoms with van der Waals surface area (Å²) >= 11 is 0. The van der Waals surface area contributed by atoms with Gasteiger partial charge in [-0.1, -0.05) is 44.2 Å². The van der Waals surface area contributed by atoms with Gasteiger partial charge in [0, 0.05) is 13.1 Å². The molecule has 21 heavy (non-hydrogen) atoms. The minimum absolute atomic E-state index is 0.0524. The number of hydrogen-bond acceptors (Lipinski definition) is 3. The SMILES string of the molecule is CC1CCCC(N(C)C(=O)C2(C(N)=NO)CCCCC2)C1. The second kappa shape index (κ2) is 6.67. The summed E-state index contributed by atoms with van der Waals surface area (Å²) in [6, 6.07) is 0.298. The molecule has 2 atom stereocenters. The quantitative estimate of drug-likeness (QED) is 0.364. The number of amides is 1. The second-order valence-corrected chi connectivity index (χ2v) is 6.97. The van der Waals surface area contributed by atoms with Crippen molar-refractivity contribution < 1.29 is 10.0 Å². The molecule has 3 N–H and O–H groups in total. The van der Waals surface area contributed by atoms with Gasteiger partial charge in [-0.2, -0.15) is 0 Å². The van der Waals surface area contributed by atoms with Crippen LogP contribution in [0.4, 0.5) is 0 Å². The highest BCUT2D eigenvalue weighted by Crippen LogP contribution is 2.39. The van der Waals surface area contributed by atoms with Crippen molar-refractivity contribution in [3.63, 3.8) is 0 Å². The Morgan fingerprint density at radius 3 is 2.48 bits per heavy atom. The zero-order chi connectivity index (χ0) is 15.5. The van der Waals surface area contributed by atoms with Crippen molar-refractivity contribution in [1.82, 2.24) is 4.90 Å². The molecule has 2 fully saturated rings. The molecule has 0 aliphatic heterocycles. The Labute approximate surface area is 127 Å². The minimum Gasteiger partial charge on any atom is -0.409 e. The molecule has 5 nitrogen and oxygen atoms in total. The van der Waals surface area contributed by atoms with Crippen molar-refractivity contribution in [3.05, 3.63) is 0 Å². The van der Waals surface area contributed by atoms with E-state index < -0.39 is 5.41 Å². The van der Waals surface area contributed by atoms with Crippen molar-refractivity contribution in [2.75, 3.05) is 7.05 Å². The first-order valence-electron chi connectivity index (χ1n) is 8.26. The van der Waals surface area contributed by atoms with E-state index in [1.165, 1.54) is 12.8 Å². The van der Waals surface area contributed by atoms with E-state index in [4.69, 9.17) is 10.9 Å². The van der Waals surface area contributed by atoms with Gasteiger partial charge in [-0.3, -0.25) is 4.79 Å². The molecule has 120 valence electrons. The van der Waals surface area contributed by atoms with Crippen LogP contribution in [0.1, 0.15) is 64.7 Å². The van der Waals surface area contributed by atoms with Crippen LogP contribution in [0.15, 0.2) is 5.16 Å². The van der Waals surface area contributed by atoms with E-state index in [0.717, 1.165) is 32.1 Å². The van der Waals surface area contributed by atoms with Gasteiger partial charge in [-0.15, -0.1) is 0 Å². The third-order valence-electron chi connectivity index (χ3n) is 5.49. The lowest BCUT2D eigenvalue weighted by Gasteiger charge is -2.42. The number of carbonyl (C=O) groups is 1. The number of nitrogens with two attached hydrogens (primary N) is 1.